The molecule has 0 spiro atoms. The zero-order valence-corrected chi connectivity index (χ0v) is 14.0. The summed E-state index contributed by atoms with van der Waals surface area (Å²) in [5.74, 6) is -0.443. The normalized spacial score (nSPS) is 14.5. The molecule has 2 nitrogen and oxygen atoms in total. The fourth-order valence-corrected chi connectivity index (χ4v) is 2.50. The van der Waals surface area contributed by atoms with E-state index in [1.807, 2.05) is 0 Å². The monoisotopic (exact) mass is 303 g/mol. The van der Waals surface area contributed by atoms with Gasteiger partial charge in [0.1, 0.15) is 5.82 Å². The molecule has 0 saturated heterocycles. The summed E-state index contributed by atoms with van der Waals surface area (Å²) in [7, 11) is -1.82. The Balaban J connectivity index is 2.70. The summed E-state index contributed by atoms with van der Waals surface area (Å²) >= 11 is 5.65. The summed E-state index contributed by atoms with van der Waals surface area (Å²) in [5.41, 5.74) is 6.76. The molecule has 0 saturated carbocycles. The van der Waals surface area contributed by atoms with Crippen molar-refractivity contribution < 1.29 is 8.82 Å². The third kappa shape index (κ3) is 4.28. The zero-order valence-electron chi connectivity index (χ0n) is 12.3. The Kier molecular flexibility index (Phi) is 5.18. The van der Waals surface area contributed by atoms with Gasteiger partial charge in [0.2, 0.25) is 0 Å². The minimum atomic E-state index is -1.82. The molecule has 5 heteroatoms. The summed E-state index contributed by atoms with van der Waals surface area (Å²) in [4.78, 5) is 0. The number of hydrogen-bond donors (Lipinski definition) is 1. The standard InChI is InChI=1S/C14H23ClFNOSi/c1-14(2,3)19(4,5)18-9-13(17)10-6-7-11(15)12(16)8-10/h6-8,13H,9,17H2,1-5H3. The first-order valence-corrected chi connectivity index (χ1v) is 9.68. The zero-order chi connectivity index (χ0) is 14.8. The van der Waals surface area contributed by atoms with Crippen LogP contribution in [0.5, 0.6) is 0 Å². The van der Waals surface area contributed by atoms with E-state index in [-0.39, 0.29) is 16.1 Å². The molecular weight excluding hydrogens is 281 g/mol. The van der Waals surface area contributed by atoms with Crippen LogP contribution in [0.2, 0.25) is 23.2 Å². The molecule has 0 fully saturated rings. The number of halogens is 2. The second kappa shape index (κ2) is 5.91. The molecule has 0 aliphatic carbocycles. The second-order valence-electron chi connectivity index (χ2n) is 6.35. The van der Waals surface area contributed by atoms with Crippen LogP contribution in [-0.2, 0) is 4.43 Å². The quantitative estimate of drug-likeness (QED) is 0.831. The largest absolute Gasteiger partial charge is 0.415 e. The summed E-state index contributed by atoms with van der Waals surface area (Å²) in [6.07, 6.45) is 0. The highest BCUT2D eigenvalue weighted by Crippen LogP contribution is 2.37. The Hall–Kier alpha value is -0.423. The van der Waals surface area contributed by atoms with Crippen LogP contribution in [0.3, 0.4) is 0 Å². The van der Waals surface area contributed by atoms with Gasteiger partial charge in [-0.05, 0) is 35.8 Å². The van der Waals surface area contributed by atoms with Crippen LogP contribution in [-0.4, -0.2) is 14.9 Å². The Labute approximate surface area is 121 Å². The van der Waals surface area contributed by atoms with Gasteiger partial charge in [-0.25, -0.2) is 4.39 Å². The van der Waals surface area contributed by atoms with Crippen molar-refractivity contribution in [3.63, 3.8) is 0 Å². The second-order valence-corrected chi connectivity index (χ2v) is 11.6. The fourth-order valence-electron chi connectivity index (χ4n) is 1.35. The lowest BCUT2D eigenvalue weighted by atomic mass is 10.1. The van der Waals surface area contributed by atoms with Crippen molar-refractivity contribution >= 4 is 19.9 Å². The average Bonchev–Trinajstić information content (AvgIpc) is 2.28. The van der Waals surface area contributed by atoms with Crippen LogP contribution in [0.1, 0.15) is 32.4 Å². The van der Waals surface area contributed by atoms with Gasteiger partial charge in [0.25, 0.3) is 0 Å². The maximum Gasteiger partial charge on any atom is 0.192 e. The fraction of sp³-hybridized carbons (Fsp3) is 0.571. The van der Waals surface area contributed by atoms with Crippen molar-refractivity contribution in [2.75, 3.05) is 6.61 Å². The molecule has 1 aromatic carbocycles. The predicted octanol–water partition coefficient (Wildman–Crippen LogP) is 4.50. The Morgan fingerprint density at radius 2 is 1.95 bits per heavy atom. The molecule has 0 radical (unpaired) electrons. The minimum Gasteiger partial charge on any atom is -0.415 e. The van der Waals surface area contributed by atoms with Crippen molar-refractivity contribution in [1.82, 2.24) is 0 Å². The van der Waals surface area contributed by atoms with E-state index in [9.17, 15) is 4.39 Å². The molecular formula is C14H23ClFNOSi. The molecule has 0 heterocycles. The number of hydrogen-bond acceptors (Lipinski definition) is 2. The third-order valence-electron chi connectivity index (χ3n) is 3.80. The SMILES string of the molecule is CC(C)(C)[Si](C)(C)OCC(N)c1ccc(Cl)c(F)c1. The van der Waals surface area contributed by atoms with Crippen molar-refractivity contribution in [3.8, 4) is 0 Å². The molecule has 108 valence electrons. The van der Waals surface area contributed by atoms with Gasteiger partial charge in [-0.1, -0.05) is 38.4 Å². The van der Waals surface area contributed by atoms with E-state index in [2.05, 4.69) is 33.9 Å². The van der Waals surface area contributed by atoms with E-state index in [0.717, 1.165) is 0 Å². The molecule has 1 rings (SSSR count). The Morgan fingerprint density at radius 1 is 1.37 bits per heavy atom. The van der Waals surface area contributed by atoms with Crippen molar-refractivity contribution in [2.24, 2.45) is 5.73 Å². The highest BCUT2D eigenvalue weighted by Gasteiger charge is 2.37. The molecule has 2 N–H and O–H groups in total. The lowest BCUT2D eigenvalue weighted by Crippen LogP contribution is -2.42. The third-order valence-corrected chi connectivity index (χ3v) is 8.61. The van der Waals surface area contributed by atoms with Crippen LogP contribution >= 0.6 is 11.6 Å². The van der Waals surface area contributed by atoms with Crippen LogP contribution in [0.25, 0.3) is 0 Å². The molecule has 0 bridgehead atoms. The van der Waals surface area contributed by atoms with Gasteiger partial charge in [0.15, 0.2) is 8.32 Å². The summed E-state index contributed by atoms with van der Waals surface area (Å²) in [6.45, 7) is 11.3. The molecule has 0 aromatic heterocycles. The smallest absolute Gasteiger partial charge is 0.192 e. The van der Waals surface area contributed by atoms with Gasteiger partial charge in [-0.15, -0.1) is 0 Å². The van der Waals surface area contributed by atoms with E-state index in [0.29, 0.717) is 12.2 Å². The number of nitrogens with two attached hydrogens (primary N) is 1. The van der Waals surface area contributed by atoms with Crippen LogP contribution < -0.4 is 5.73 Å². The lowest BCUT2D eigenvalue weighted by Gasteiger charge is -2.37. The van der Waals surface area contributed by atoms with Gasteiger partial charge < -0.3 is 10.2 Å². The van der Waals surface area contributed by atoms with Crippen molar-refractivity contribution in [2.45, 2.75) is 44.9 Å². The van der Waals surface area contributed by atoms with Crippen molar-refractivity contribution in [1.29, 1.82) is 0 Å². The van der Waals surface area contributed by atoms with E-state index in [1.54, 1.807) is 6.07 Å². The summed E-state index contributed by atoms with van der Waals surface area (Å²) in [5, 5.41) is 0.249. The van der Waals surface area contributed by atoms with E-state index >= 15 is 0 Å². The van der Waals surface area contributed by atoms with Gasteiger partial charge in [0, 0.05) is 0 Å². The maximum atomic E-state index is 13.4. The topological polar surface area (TPSA) is 35.2 Å². The van der Waals surface area contributed by atoms with E-state index in [1.165, 1.54) is 12.1 Å². The molecule has 1 unspecified atom stereocenters. The van der Waals surface area contributed by atoms with Gasteiger partial charge in [-0.2, -0.15) is 0 Å². The molecule has 0 amide bonds. The van der Waals surface area contributed by atoms with Crippen LogP contribution in [0, 0.1) is 5.82 Å². The highest BCUT2D eigenvalue weighted by molar-refractivity contribution is 6.74. The molecule has 0 aliphatic heterocycles. The minimum absolute atomic E-state index is 0.112. The number of rotatable bonds is 4. The predicted molar refractivity (Wildman–Crippen MR) is 81.5 cm³/mol. The van der Waals surface area contributed by atoms with Crippen LogP contribution in [0.4, 0.5) is 4.39 Å². The first kappa shape index (κ1) is 16.6. The first-order valence-electron chi connectivity index (χ1n) is 6.39. The van der Waals surface area contributed by atoms with Crippen molar-refractivity contribution in [3.05, 3.63) is 34.6 Å². The molecule has 0 aliphatic rings. The molecule has 19 heavy (non-hydrogen) atoms. The lowest BCUT2D eigenvalue weighted by molar-refractivity contribution is 0.264. The van der Waals surface area contributed by atoms with Gasteiger partial charge in [0.05, 0.1) is 17.7 Å². The summed E-state index contributed by atoms with van der Waals surface area (Å²) in [6, 6.07) is 4.31. The van der Waals surface area contributed by atoms with E-state index < -0.39 is 14.1 Å². The Bertz CT molecular complexity index is 446. The van der Waals surface area contributed by atoms with Gasteiger partial charge >= 0.3 is 0 Å². The molecule has 1 aromatic rings. The highest BCUT2D eigenvalue weighted by atomic mass is 35.5. The average molecular weight is 304 g/mol. The maximum absolute atomic E-state index is 13.4. The summed E-state index contributed by atoms with van der Waals surface area (Å²) < 4.78 is 19.4. The van der Waals surface area contributed by atoms with E-state index in [4.69, 9.17) is 21.8 Å². The molecule has 1 atom stereocenters. The Morgan fingerprint density at radius 3 is 2.42 bits per heavy atom. The van der Waals surface area contributed by atoms with Crippen LogP contribution in [0.15, 0.2) is 18.2 Å². The van der Waals surface area contributed by atoms with Gasteiger partial charge in [-0.3, -0.25) is 0 Å². The number of benzene rings is 1. The first-order chi connectivity index (χ1) is 8.54.